The van der Waals surface area contributed by atoms with Crippen molar-refractivity contribution < 1.29 is 23.0 Å². The number of methoxy groups -OCH3 is 1. The van der Waals surface area contributed by atoms with Gasteiger partial charge < -0.3 is 24.4 Å². The van der Waals surface area contributed by atoms with E-state index in [0.29, 0.717) is 46.0 Å². The lowest BCUT2D eigenvalue weighted by atomic mass is 10.0. The summed E-state index contributed by atoms with van der Waals surface area (Å²) in [5.74, 6) is -1.88. The van der Waals surface area contributed by atoms with Crippen LogP contribution in [0.1, 0.15) is 17.5 Å². The van der Waals surface area contributed by atoms with Crippen molar-refractivity contribution in [3.8, 4) is 29.2 Å². The highest BCUT2D eigenvalue weighted by molar-refractivity contribution is 6.01. The third-order valence-electron chi connectivity index (χ3n) is 7.07. The minimum atomic E-state index is -3.11. The number of ether oxygens (including phenoxy) is 3. The zero-order chi connectivity index (χ0) is 29.4. The summed E-state index contributed by atoms with van der Waals surface area (Å²) in [5.41, 5.74) is 3.01. The number of aromatic nitrogens is 5. The Morgan fingerprint density at radius 1 is 1.17 bits per heavy atom. The van der Waals surface area contributed by atoms with Crippen LogP contribution in [0.4, 0.5) is 20.2 Å². The zero-order valence-corrected chi connectivity index (χ0v) is 23.0. The van der Waals surface area contributed by atoms with Crippen molar-refractivity contribution in [1.82, 2.24) is 29.5 Å². The Labute approximate surface area is 239 Å². The lowest BCUT2D eigenvalue weighted by molar-refractivity contribution is -0.135. The zero-order valence-electron chi connectivity index (χ0n) is 23.0. The SMILES string of the molecule is COc1ncc2ncc(C#N)c(Nc3ccc(Oc4ccc5nncn5c4)c(C)c3)c2c1O[C@H]1CCN(C)CC1(F)F. The summed E-state index contributed by atoms with van der Waals surface area (Å²) in [6, 6.07) is 11.2. The van der Waals surface area contributed by atoms with E-state index in [1.165, 1.54) is 19.5 Å². The molecule has 1 N–H and O–H groups in total. The molecule has 1 aromatic carbocycles. The van der Waals surface area contributed by atoms with Crippen LogP contribution < -0.4 is 19.5 Å². The van der Waals surface area contributed by atoms with Crippen molar-refractivity contribution in [1.29, 1.82) is 5.26 Å². The average molecular weight is 573 g/mol. The first-order chi connectivity index (χ1) is 20.3. The molecule has 11 nitrogen and oxygen atoms in total. The molecule has 42 heavy (non-hydrogen) atoms. The molecule has 5 heterocycles. The maximum Gasteiger partial charge on any atom is 0.296 e. The number of nitrogens with zero attached hydrogens (tertiary/aromatic N) is 7. The van der Waals surface area contributed by atoms with Gasteiger partial charge >= 0.3 is 0 Å². The van der Waals surface area contributed by atoms with Gasteiger partial charge in [-0.2, -0.15) is 5.26 Å². The van der Waals surface area contributed by atoms with E-state index in [1.54, 1.807) is 53.1 Å². The van der Waals surface area contributed by atoms with Gasteiger partial charge in [0.05, 0.1) is 48.2 Å². The largest absolute Gasteiger partial charge is 0.478 e. The van der Waals surface area contributed by atoms with Crippen LogP contribution in [0.5, 0.6) is 23.1 Å². The number of benzene rings is 1. The molecular weight excluding hydrogens is 546 g/mol. The maximum absolute atomic E-state index is 15.0. The van der Waals surface area contributed by atoms with Crippen LogP contribution >= 0.6 is 0 Å². The molecule has 0 unspecified atom stereocenters. The van der Waals surface area contributed by atoms with E-state index >= 15 is 8.78 Å². The average Bonchev–Trinajstić information content (AvgIpc) is 3.44. The number of fused-ring (bicyclic) bond motifs is 2. The number of hydrogen-bond donors (Lipinski definition) is 1. The number of likely N-dealkylation sites (tertiary alicyclic amines) is 1. The topological polar surface area (TPSA) is 123 Å². The fraction of sp³-hybridized carbons (Fsp3) is 0.276. The molecule has 1 atom stereocenters. The molecule has 0 saturated carbocycles. The van der Waals surface area contributed by atoms with E-state index in [1.807, 2.05) is 13.0 Å². The minimum Gasteiger partial charge on any atom is -0.478 e. The van der Waals surface area contributed by atoms with Crippen molar-refractivity contribution in [2.45, 2.75) is 25.4 Å². The Hall–Kier alpha value is -5.09. The van der Waals surface area contributed by atoms with Gasteiger partial charge in [0.2, 0.25) is 0 Å². The molecule has 6 rings (SSSR count). The first-order valence-corrected chi connectivity index (χ1v) is 13.1. The lowest BCUT2D eigenvalue weighted by Crippen LogP contribution is -2.52. The predicted octanol–water partition coefficient (Wildman–Crippen LogP) is 5.12. The van der Waals surface area contributed by atoms with Gasteiger partial charge in [0.25, 0.3) is 11.8 Å². The molecule has 1 aliphatic rings. The van der Waals surface area contributed by atoms with E-state index in [0.717, 1.165) is 5.56 Å². The van der Waals surface area contributed by atoms with Crippen molar-refractivity contribution in [3.63, 3.8) is 0 Å². The molecule has 0 amide bonds. The van der Waals surface area contributed by atoms with Gasteiger partial charge in [0.15, 0.2) is 17.5 Å². The fourth-order valence-corrected chi connectivity index (χ4v) is 4.97. The monoisotopic (exact) mass is 572 g/mol. The Balaban J connectivity index is 1.37. The Morgan fingerprint density at radius 2 is 2.02 bits per heavy atom. The third-order valence-corrected chi connectivity index (χ3v) is 7.07. The molecule has 13 heteroatoms. The summed E-state index contributed by atoms with van der Waals surface area (Å²) in [6.07, 6.45) is 4.91. The standard InChI is InChI=1S/C29H26F2N8O3/c1-17-10-19(4-6-22(17)41-20-5-7-24-37-35-16-39(24)14-20)36-26-18(11-32)12-33-21-13-34-28(40-3)27(25(21)26)42-23-8-9-38(2)15-29(23,30)31/h4-7,10,12-14,16,23H,8-9,15H2,1-3H3,(H,33,36)/t23-/m0/s1. The van der Waals surface area contributed by atoms with Gasteiger partial charge in [-0.25, -0.2) is 13.8 Å². The van der Waals surface area contributed by atoms with Gasteiger partial charge in [0, 0.05) is 24.8 Å². The Bertz CT molecular complexity index is 1840. The minimum absolute atomic E-state index is 0.00242. The molecule has 5 aromatic rings. The maximum atomic E-state index is 15.0. The van der Waals surface area contributed by atoms with Gasteiger partial charge in [-0.15, -0.1) is 10.2 Å². The van der Waals surface area contributed by atoms with E-state index < -0.39 is 18.6 Å². The van der Waals surface area contributed by atoms with Crippen LogP contribution in [0.25, 0.3) is 16.6 Å². The van der Waals surface area contributed by atoms with E-state index in [2.05, 4.69) is 31.6 Å². The van der Waals surface area contributed by atoms with Gasteiger partial charge in [0.1, 0.15) is 23.9 Å². The second-order valence-electron chi connectivity index (χ2n) is 10.1. The van der Waals surface area contributed by atoms with Crippen LogP contribution in [0.2, 0.25) is 0 Å². The summed E-state index contributed by atoms with van der Waals surface area (Å²) in [4.78, 5) is 10.1. The number of alkyl halides is 2. The molecule has 0 aliphatic carbocycles. The van der Waals surface area contributed by atoms with E-state index in [-0.39, 0.29) is 23.6 Å². The highest BCUT2D eigenvalue weighted by Crippen LogP contribution is 2.43. The molecule has 4 aromatic heterocycles. The number of rotatable bonds is 7. The van der Waals surface area contributed by atoms with Crippen molar-refractivity contribution in [2.24, 2.45) is 0 Å². The molecule has 1 aliphatic heterocycles. The number of aryl methyl sites for hydroxylation is 1. The Kier molecular flexibility index (Phi) is 6.91. The predicted molar refractivity (Wildman–Crippen MR) is 150 cm³/mol. The molecule has 0 spiro atoms. The highest BCUT2D eigenvalue weighted by Gasteiger charge is 2.46. The fourth-order valence-electron chi connectivity index (χ4n) is 4.97. The molecule has 0 radical (unpaired) electrons. The van der Waals surface area contributed by atoms with Crippen molar-refractivity contribution in [3.05, 3.63) is 66.4 Å². The van der Waals surface area contributed by atoms with Crippen LogP contribution in [0.15, 0.2) is 55.2 Å². The number of anilines is 2. The molecule has 1 saturated heterocycles. The summed E-state index contributed by atoms with van der Waals surface area (Å²) in [6.45, 7) is 1.89. The summed E-state index contributed by atoms with van der Waals surface area (Å²) >= 11 is 0. The second-order valence-corrected chi connectivity index (χ2v) is 10.1. The lowest BCUT2D eigenvalue weighted by Gasteiger charge is -2.36. The number of piperidine rings is 1. The second kappa shape index (κ2) is 10.7. The number of hydrogen-bond acceptors (Lipinski definition) is 10. The van der Waals surface area contributed by atoms with Gasteiger partial charge in [-0.3, -0.25) is 9.38 Å². The van der Waals surface area contributed by atoms with Crippen LogP contribution in [-0.2, 0) is 0 Å². The summed E-state index contributed by atoms with van der Waals surface area (Å²) < 4.78 is 49.2. The smallest absolute Gasteiger partial charge is 0.296 e. The van der Waals surface area contributed by atoms with Crippen molar-refractivity contribution >= 4 is 27.9 Å². The molecular formula is C29H26F2N8O3. The normalized spacial score (nSPS) is 16.7. The quantitative estimate of drug-likeness (QED) is 0.281. The van der Waals surface area contributed by atoms with E-state index in [9.17, 15) is 5.26 Å². The molecule has 0 bridgehead atoms. The number of nitriles is 1. The number of halogens is 2. The van der Waals surface area contributed by atoms with Crippen molar-refractivity contribution in [2.75, 3.05) is 32.6 Å². The van der Waals surface area contributed by atoms with Crippen LogP contribution in [-0.4, -0.2) is 68.7 Å². The highest BCUT2D eigenvalue weighted by atomic mass is 19.3. The van der Waals surface area contributed by atoms with E-state index in [4.69, 9.17) is 14.2 Å². The van der Waals surface area contributed by atoms with Gasteiger partial charge in [-0.05, 0) is 49.9 Å². The summed E-state index contributed by atoms with van der Waals surface area (Å²) in [7, 11) is 3.02. The summed E-state index contributed by atoms with van der Waals surface area (Å²) in [5, 5.41) is 21.4. The first-order valence-electron chi connectivity index (χ1n) is 13.1. The van der Waals surface area contributed by atoms with Gasteiger partial charge in [-0.1, -0.05) is 0 Å². The molecule has 214 valence electrons. The van der Waals surface area contributed by atoms with Crippen LogP contribution in [0, 0.1) is 18.3 Å². The Morgan fingerprint density at radius 3 is 2.79 bits per heavy atom. The number of nitrogens with one attached hydrogen (secondary N) is 1. The first kappa shape index (κ1) is 27.1. The third kappa shape index (κ3) is 5.08. The number of pyridine rings is 3. The van der Waals surface area contributed by atoms with Crippen LogP contribution in [0.3, 0.4) is 0 Å². The molecule has 1 fully saturated rings.